The number of benzene rings is 2. The standard InChI is InChI=1S/C13H18ClN.C9H12N2O3S/c1-10(15-13-7-2-3-8-13)11-5-4-6-12(14)9-11;10-15(13,14)7-6-11-9(12)8-4-2-1-3-5-8/h4-6,9-10,13,15H,2-3,7-8H2,1H3;1-5H,6-7H2,(H,11,12)(H2,10,13,14). The van der Waals surface area contributed by atoms with E-state index < -0.39 is 10.0 Å². The van der Waals surface area contributed by atoms with Gasteiger partial charge in [-0.15, -0.1) is 0 Å². The van der Waals surface area contributed by atoms with Gasteiger partial charge in [0.05, 0.1) is 5.75 Å². The molecule has 1 aliphatic rings. The van der Waals surface area contributed by atoms with Crippen LogP contribution in [0.15, 0.2) is 54.6 Å². The number of halogens is 1. The van der Waals surface area contributed by atoms with Crippen molar-refractivity contribution in [3.8, 4) is 0 Å². The first-order valence-corrected chi connectivity index (χ1v) is 12.2. The van der Waals surface area contributed by atoms with Gasteiger partial charge in [-0.25, -0.2) is 13.6 Å². The maximum atomic E-state index is 11.4. The van der Waals surface area contributed by atoms with Gasteiger partial charge in [0.15, 0.2) is 0 Å². The van der Waals surface area contributed by atoms with Crippen molar-refractivity contribution in [3.63, 3.8) is 0 Å². The van der Waals surface area contributed by atoms with Crippen LogP contribution in [0.5, 0.6) is 0 Å². The van der Waals surface area contributed by atoms with Gasteiger partial charge in [-0.05, 0) is 49.6 Å². The molecule has 2 aromatic rings. The van der Waals surface area contributed by atoms with Crippen molar-refractivity contribution in [2.45, 2.75) is 44.7 Å². The van der Waals surface area contributed by atoms with Gasteiger partial charge in [-0.2, -0.15) is 0 Å². The van der Waals surface area contributed by atoms with E-state index in [0.29, 0.717) is 17.6 Å². The van der Waals surface area contributed by atoms with Crippen LogP contribution in [0.25, 0.3) is 0 Å². The summed E-state index contributed by atoms with van der Waals surface area (Å²) in [5.74, 6) is -0.565. The molecule has 0 saturated heterocycles. The summed E-state index contributed by atoms with van der Waals surface area (Å²) >= 11 is 5.98. The summed E-state index contributed by atoms with van der Waals surface area (Å²) in [7, 11) is -3.52. The molecule has 30 heavy (non-hydrogen) atoms. The van der Waals surface area contributed by atoms with Gasteiger partial charge in [-0.3, -0.25) is 4.79 Å². The molecule has 1 saturated carbocycles. The highest BCUT2D eigenvalue weighted by molar-refractivity contribution is 7.89. The Morgan fingerprint density at radius 2 is 1.80 bits per heavy atom. The first-order chi connectivity index (χ1) is 14.2. The van der Waals surface area contributed by atoms with Gasteiger partial charge >= 0.3 is 0 Å². The lowest BCUT2D eigenvalue weighted by molar-refractivity contribution is 0.0956. The average Bonchev–Trinajstić information content (AvgIpc) is 3.21. The molecule has 1 unspecified atom stereocenters. The average molecular weight is 452 g/mol. The molecule has 0 radical (unpaired) electrons. The Labute approximate surface area is 184 Å². The third kappa shape index (κ3) is 9.26. The number of carbonyl (C=O) groups is 1. The van der Waals surface area contributed by atoms with Gasteiger partial charge < -0.3 is 10.6 Å². The van der Waals surface area contributed by atoms with Gasteiger partial charge in [0.1, 0.15) is 0 Å². The largest absolute Gasteiger partial charge is 0.351 e. The maximum absolute atomic E-state index is 11.4. The summed E-state index contributed by atoms with van der Waals surface area (Å²) in [6, 6.07) is 17.8. The molecule has 6 nitrogen and oxygen atoms in total. The molecule has 164 valence electrons. The summed E-state index contributed by atoms with van der Waals surface area (Å²) in [5, 5.41) is 11.7. The minimum absolute atomic E-state index is 0.0204. The number of nitrogens with two attached hydrogens (primary N) is 1. The second-order valence-corrected chi connectivity index (χ2v) is 9.58. The van der Waals surface area contributed by atoms with E-state index in [2.05, 4.69) is 23.6 Å². The highest BCUT2D eigenvalue weighted by Gasteiger charge is 2.17. The number of rotatable bonds is 7. The third-order valence-corrected chi connectivity index (χ3v) is 5.91. The van der Waals surface area contributed by atoms with Crippen molar-refractivity contribution in [2.75, 3.05) is 12.3 Å². The molecule has 0 aromatic heterocycles. The van der Waals surface area contributed by atoms with E-state index in [9.17, 15) is 13.2 Å². The van der Waals surface area contributed by atoms with Crippen molar-refractivity contribution in [1.82, 2.24) is 10.6 Å². The molecule has 0 heterocycles. The SMILES string of the molecule is CC(NC1CCCC1)c1cccc(Cl)c1.NS(=O)(=O)CCNC(=O)c1ccccc1. The first-order valence-electron chi connectivity index (χ1n) is 10.1. The van der Waals surface area contributed by atoms with Crippen molar-refractivity contribution in [1.29, 1.82) is 0 Å². The third-order valence-electron chi connectivity index (χ3n) is 4.90. The lowest BCUT2D eigenvalue weighted by Crippen LogP contribution is -2.31. The monoisotopic (exact) mass is 451 g/mol. The van der Waals surface area contributed by atoms with Crippen LogP contribution in [0, 0.1) is 0 Å². The second kappa shape index (κ2) is 12.1. The summed E-state index contributed by atoms with van der Waals surface area (Å²) in [4.78, 5) is 11.4. The topological polar surface area (TPSA) is 101 Å². The lowest BCUT2D eigenvalue weighted by Gasteiger charge is -2.19. The van der Waals surface area contributed by atoms with Crippen LogP contribution in [0.2, 0.25) is 5.02 Å². The lowest BCUT2D eigenvalue weighted by atomic mass is 10.1. The van der Waals surface area contributed by atoms with E-state index in [1.165, 1.54) is 31.2 Å². The Morgan fingerprint density at radius 1 is 1.13 bits per heavy atom. The van der Waals surface area contributed by atoms with Crippen LogP contribution >= 0.6 is 11.6 Å². The van der Waals surface area contributed by atoms with Crippen molar-refractivity contribution in [3.05, 3.63) is 70.7 Å². The predicted octanol–water partition coefficient (Wildman–Crippen LogP) is 3.64. The predicted molar refractivity (Wildman–Crippen MR) is 122 cm³/mol. The van der Waals surface area contributed by atoms with Crippen molar-refractivity contribution in [2.24, 2.45) is 5.14 Å². The summed E-state index contributed by atoms with van der Waals surface area (Å²) < 4.78 is 21.2. The molecule has 3 rings (SSSR count). The fraction of sp³-hybridized carbons (Fsp3) is 0.409. The molecule has 1 fully saturated rings. The van der Waals surface area contributed by atoms with Gasteiger partial charge in [0, 0.05) is 29.2 Å². The Bertz CT molecular complexity index is 901. The normalized spacial score (nSPS) is 15.2. The van der Waals surface area contributed by atoms with Crippen LogP contribution < -0.4 is 15.8 Å². The van der Waals surface area contributed by atoms with Crippen LogP contribution in [0.1, 0.15) is 54.6 Å². The Hall–Kier alpha value is -1.93. The molecule has 1 aliphatic carbocycles. The minimum Gasteiger partial charge on any atom is -0.351 e. The molecule has 8 heteroatoms. The molecule has 0 spiro atoms. The molecule has 2 aromatic carbocycles. The van der Waals surface area contributed by atoms with Gasteiger partial charge in [-0.1, -0.05) is 54.8 Å². The van der Waals surface area contributed by atoms with E-state index in [1.54, 1.807) is 30.3 Å². The number of hydrogen-bond acceptors (Lipinski definition) is 4. The molecule has 1 amide bonds. The minimum atomic E-state index is -3.52. The molecule has 0 bridgehead atoms. The highest BCUT2D eigenvalue weighted by atomic mass is 35.5. The number of carbonyl (C=O) groups excluding carboxylic acids is 1. The van der Waals surface area contributed by atoms with E-state index in [-0.39, 0.29) is 18.2 Å². The number of amides is 1. The summed E-state index contributed by atoms with van der Waals surface area (Å²) in [6.45, 7) is 2.23. The number of sulfonamides is 1. The van der Waals surface area contributed by atoms with Crippen LogP contribution in [0.4, 0.5) is 0 Å². The molecule has 1 atom stereocenters. The number of hydrogen-bond donors (Lipinski definition) is 3. The smallest absolute Gasteiger partial charge is 0.251 e. The number of nitrogens with one attached hydrogen (secondary N) is 2. The van der Waals surface area contributed by atoms with Crippen molar-refractivity contribution >= 4 is 27.5 Å². The Morgan fingerprint density at radius 3 is 2.40 bits per heavy atom. The quantitative estimate of drug-likeness (QED) is 0.598. The van der Waals surface area contributed by atoms with E-state index in [0.717, 1.165) is 5.02 Å². The molecule has 0 aliphatic heterocycles. The van der Waals surface area contributed by atoms with Crippen LogP contribution in [-0.4, -0.2) is 32.7 Å². The first kappa shape index (κ1) is 24.3. The van der Waals surface area contributed by atoms with Crippen molar-refractivity contribution < 1.29 is 13.2 Å². The Balaban J connectivity index is 0.000000214. The van der Waals surface area contributed by atoms with E-state index >= 15 is 0 Å². The van der Waals surface area contributed by atoms with Gasteiger partial charge in [0.25, 0.3) is 5.91 Å². The van der Waals surface area contributed by atoms with E-state index in [4.69, 9.17) is 16.7 Å². The second-order valence-electron chi connectivity index (χ2n) is 7.41. The zero-order valence-electron chi connectivity index (χ0n) is 17.2. The Kier molecular flexibility index (Phi) is 9.78. The summed E-state index contributed by atoms with van der Waals surface area (Å²) in [6.07, 6.45) is 5.40. The molecular formula is C22H30ClN3O3S. The molecule has 4 N–H and O–H groups in total. The number of primary sulfonamides is 1. The zero-order chi connectivity index (χ0) is 22.0. The van der Waals surface area contributed by atoms with Crippen LogP contribution in [0.3, 0.4) is 0 Å². The fourth-order valence-electron chi connectivity index (χ4n) is 3.32. The molecular weight excluding hydrogens is 422 g/mol. The van der Waals surface area contributed by atoms with E-state index in [1.807, 2.05) is 18.2 Å². The van der Waals surface area contributed by atoms with Crippen LogP contribution in [-0.2, 0) is 10.0 Å². The summed E-state index contributed by atoms with van der Waals surface area (Å²) in [5.41, 5.74) is 1.78. The maximum Gasteiger partial charge on any atom is 0.251 e. The van der Waals surface area contributed by atoms with Gasteiger partial charge in [0.2, 0.25) is 10.0 Å². The fourth-order valence-corrected chi connectivity index (χ4v) is 3.90. The zero-order valence-corrected chi connectivity index (χ0v) is 18.8. The highest BCUT2D eigenvalue weighted by Crippen LogP contribution is 2.23.